The van der Waals surface area contributed by atoms with Gasteiger partial charge in [0.15, 0.2) is 0 Å². The van der Waals surface area contributed by atoms with Crippen molar-refractivity contribution in [2.45, 2.75) is 39.3 Å². The van der Waals surface area contributed by atoms with Crippen LogP contribution >= 0.6 is 0 Å². The number of hydrogen-bond donors (Lipinski definition) is 0. The van der Waals surface area contributed by atoms with E-state index in [2.05, 4.69) is 0 Å². The standard InChI is InChI=1S/C15H18N2O4.Na/c1-2-3-9-17-14(20)11-6-4-5-7-12(11)16(15(17)21)10-8-13(18)19;/h4-7H,2-3,8-10H2,1H3,(H,18,19);/q;+1/p-1. The molecule has 0 atom stereocenters. The van der Waals surface area contributed by atoms with Gasteiger partial charge in [-0.2, -0.15) is 0 Å². The zero-order valence-electron chi connectivity index (χ0n) is 12.9. The third kappa shape index (κ3) is 3.88. The molecule has 0 radical (unpaired) electrons. The van der Waals surface area contributed by atoms with Crippen molar-refractivity contribution in [2.75, 3.05) is 0 Å². The summed E-state index contributed by atoms with van der Waals surface area (Å²) >= 11 is 0. The number of aryl methyl sites for hydroxylation is 1. The van der Waals surface area contributed by atoms with E-state index in [1.54, 1.807) is 24.3 Å². The Morgan fingerprint density at radius 3 is 2.45 bits per heavy atom. The molecule has 1 aromatic heterocycles. The van der Waals surface area contributed by atoms with Crippen molar-refractivity contribution in [3.8, 4) is 0 Å². The van der Waals surface area contributed by atoms with Crippen LogP contribution in [0.15, 0.2) is 33.9 Å². The Morgan fingerprint density at radius 2 is 1.82 bits per heavy atom. The van der Waals surface area contributed by atoms with Gasteiger partial charge in [0.25, 0.3) is 5.56 Å². The molecular formula is C15H17N2NaO4. The summed E-state index contributed by atoms with van der Waals surface area (Å²) in [4.78, 5) is 35.5. The molecule has 0 amide bonds. The number of carbonyl (C=O) groups is 1. The van der Waals surface area contributed by atoms with Gasteiger partial charge in [-0.1, -0.05) is 25.5 Å². The van der Waals surface area contributed by atoms with Crippen LogP contribution in [0.1, 0.15) is 26.2 Å². The van der Waals surface area contributed by atoms with E-state index in [0.29, 0.717) is 23.9 Å². The number of carbonyl (C=O) groups excluding carboxylic acids is 1. The van der Waals surface area contributed by atoms with E-state index in [1.807, 2.05) is 6.92 Å². The molecule has 0 bridgehead atoms. The van der Waals surface area contributed by atoms with E-state index in [4.69, 9.17) is 0 Å². The molecule has 0 spiro atoms. The SMILES string of the molecule is CCCCn1c(=O)c2ccccc2n(CCC(=O)[O-])c1=O.[Na+]. The van der Waals surface area contributed by atoms with E-state index in [1.165, 1.54) is 9.13 Å². The summed E-state index contributed by atoms with van der Waals surface area (Å²) < 4.78 is 2.52. The zero-order chi connectivity index (χ0) is 15.4. The number of aromatic nitrogens is 2. The van der Waals surface area contributed by atoms with Crippen molar-refractivity contribution >= 4 is 16.9 Å². The number of aliphatic carboxylic acids is 1. The van der Waals surface area contributed by atoms with Crippen LogP contribution in [0.25, 0.3) is 10.9 Å². The van der Waals surface area contributed by atoms with Crippen LogP contribution in [0.5, 0.6) is 0 Å². The zero-order valence-corrected chi connectivity index (χ0v) is 14.9. The first-order valence-electron chi connectivity index (χ1n) is 6.98. The molecule has 2 rings (SSSR count). The van der Waals surface area contributed by atoms with Gasteiger partial charge in [0.1, 0.15) is 0 Å². The second-order valence-corrected chi connectivity index (χ2v) is 4.88. The minimum Gasteiger partial charge on any atom is -0.550 e. The fourth-order valence-electron chi connectivity index (χ4n) is 2.30. The normalized spacial score (nSPS) is 10.4. The fourth-order valence-corrected chi connectivity index (χ4v) is 2.30. The Kier molecular flexibility index (Phi) is 7.06. The number of nitrogens with zero attached hydrogens (tertiary/aromatic N) is 2. The average Bonchev–Trinajstić information content (AvgIpc) is 2.47. The molecular weight excluding hydrogens is 295 g/mol. The molecule has 7 heteroatoms. The van der Waals surface area contributed by atoms with Crippen LogP contribution in [0.2, 0.25) is 0 Å². The number of rotatable bonds is 6. The Bertz CT molecular complexity index is 779. The molecule has 0 saturated heterocycles. The number of carboxylic acids is 1. The maximum Gasteiger partial charge on any atom is 1.00 e. The molecule has 0 N–H and O–H groups in total. The van der Waals surface area contributed by atoms with E-state index < -0.39 is 11.7 Å². The van der Waals surface area contributed by atoms with Crippen molar-refractivity contribution in [3.05, 3.63) is 45.1 Å². The summed E-state index contributed by atoms with van der Waals surface area (Å²) in [5.41, 5.74) is -0.330. The minimum atomic E-state index is -1.22. The van der Waals surface area contributed by atoms with Gasteiger partial charge in [0.05, 0.1) is 10.9 Å². The van der Waals surface area contributed by atoms with Crippen molar-refractivity contribution in [2.24, 2.45) is 0 Å². The number of fused-ring (bicyclic) bond motifs is 1. The van der Waals surface area contributed by atoms with Crippen LogP contribution in [0, 0.1) is 0 Å². The van der Waals surface area contributed by atoms with Gasteiger partial charge in [-0.3, -0.25) is 13.9 Å². The summed E-state index contributed by atoms with van der Waals surface area (Å²) in [5.74, 6) is -1.22. The van der Waals surface area contributed by atoms with Crippen LogP contribution < -0.4 is 45.9 Å². The summed E-state index contributed by atoms with van der Waals surface area (Å²) in [5, 5.41) is 11.1. The topological polar surface area (TPSA) is 84.1 Å². The molecule has 0 unspecified atom stereocenters. The summed E-state index contributed by atoms with van der Waals surface area (Å²) in [6.45, 7) is 2.30. The smallest absolute Gasteiger partial charge is 0.550 e. The quantitative estimate of drug-likeness (QED) is 0.536. The van der Waals surface area contributed by atoms with Crippen molar-refractivity contribution in [1.29, 1.82) is 0 Å². The maximum atomic E-state index is 12.4. The number of unbranched alkanes of at least 4 members (excludes halogenated alkanes) is 1. The summed E-state index contributed by atoms with van der Waals surface area (Å²) in [6.07, 6.45) is 1.31. The van der Waals surface area contributed by atoms with Crippen LogP contribution in [0.3, 0.4) is 0 Å². The summed E-state index contributed by atoms with van der Waals surface area (Å²) in [7, 11) is 0. The molecule has 0 fully saturated rings. The van der Waals surface area contributed by atoms with E-state index in [9.17, 15) is 19.5 Å². The van der Waals surface area contributed by atoms with Crippen LogP contribution in [0.4, 0.5) is 0 Å². The van der Waals surface area contributed by atoms with Gasteiger partial charge < -0.3 is 9.90 Å². The van der Waals surface area contributed by atoms with Gasteiger partial charge in [0, 0.05) is 25.5 Å². The van der Waals surface area contributed by atoms with E-state index in [0.717, 1.165) is 6.42 Å². The van der Waals surface area contributed by atoms with Crippen LogP contribution in [-0.4, -0.2) is 15.1 Å². The average molecular weight is 312 g/mol. The molecule has 22 heavy (non-hydrogen) atoms. The maximum absolute atomic E-state index is 12.4. The number of hydrogen-bond acceptors (Lipinski definition) is 4. The number of carboxylic acid groups (broad SMARTS) is 1. The molecule has 2 aromatic rings. The number of para-hydroxylation sites is 1. The first-order valence-corrected chi connectivity index (χ1v) is 6.98. The second kappa shape index (κ2) is 8.31. The predicted octanol–water partition coefficient (Wildman–Crippen LogP) is -2.89. The molecule has 0 aliphatic heterocycles. The first-order chi connectivity index (χ1) is 10.1. The molecule has 0 saturated carbocycles. The first kappa shape index (κ1) is 18.7. The van der Waals surface area contributed by atoms with E-state index in [-0.39, 0.29) is 48.1 Å². The Balaban J connectivity index is 0.00000242. The van der Waals surface area contributed by atoms with Gasteiger partial charge in [-0.25, -0.2) is 4.79 Å². The van der Waals surface area contributed by atoms with Crippen molar-refractivity contribution < 1.29 is 39.5 Å². The third-order valence-corrected chi connectivity index (χ3v) is 3.41. The molecule has 1 aromatic carbocycles. The predicted molar refractivity (Wildman–Crippen MR) is 77.0 cm³/mol. The Morgan fingerprint density at radius 1 is 1.14 bits per heavy atom. The van der Waals surface area contributed by atoms with Gasteiger partial charge >= 0.3 is 35.2 Å². The fraction of sp³-hybridized carbons (Fsp3) is 0.400. The van der Waals surface area contributed by atoms with Gasteiger partial charge in [0.2, 0.25) is 0 Å². The van der Waals surface area contributed by atoms with Crippen LogP contribution in [-0.2, 0) is 17.9 Å². The van der Waals surface area contributed by atoms with Crippen molar-refractivity contribution in [1.82, 2.24) is 9.13 Å². The largest absolute Gasteiger partial charge is 1.00 e. The van der Waals surface area contributed by atoms with Gasteiger partial charge in [-0.05, 0) is 18.6 Å². The summed E-state index contributed by atoms with van der Waals surface area (Å²) in [6, 6.07) is 6.74. The van der Waals surface area contributed by atoms with E-state index >= 15 is 0 Å². The van der Waals surface area contributed by atoms with Gasteiger partial charge in [-0.15, -0.1) is 0 Å². The minimum absolute atomic E-state index is 0. The Labute approximate surface area is 149 Å². The molecule has 6 nitrogen and oxygen atoms in total. The van der Waals surface area contributed by atoms with Crippen molar-refractivity contribution in [3.63, 3.8) is 0 Å². The molecule has 1 heterocycles. The molecule has 0 aliphatic carbocycles. The molecule has 0 aliphatic rings. The number of benzene rings is 1. The molecule has 112 valence electrons. The second-order valence-electron chi connectivity index (χ2n) is 4.88. The monoisotopic (exact) mass is 312 g/mol. The third-order valence-electron chi connectivity index (χ3n) is 3.41. The Hall–Kier alpha value is -1.37.